The number of carbonyl (C=O) groups is 1. The molecule has 0 aliphatic carbocycles. The van der Waals surface area contributed by atoms with Crippen LogP contribution in [0.5, 0.6) is 0 Å². The molecule has 1 N–H and O–H groups in total. The average molecular weight is 339 g/mol. The third-order valence-electron chi connectivity index (χ3n) is 3.94. The van der Waals surface area contributed by atoms with E-state index in [1.54, 1.807) is 4.90 Å². The maximum absolute atomic E-state index is 12.0. The number of nitrogens with zero attached hydrogens (tertiary/aromatic N) is 1. The average Bonchev–Trinajstić information content (AvgIpc) is 2.90. The van der Waals surface area contributed by atoms with Crippen LogP contribution in [0.15, 0.2) is 18.2 Å². The Morgan fingerprint density at radius 2 is 2.17 bits per heavy atom. The highest BCUT2D eigenvalue weighted by atomic mass is 35.5. The molecule has 1 amide bonds. The zero-order valence-corrected chi connectivity index (χ0v) is 15.2. The molecular weight excluding hydrogens is 312 g/mol. The van der Waals surface area contributed by atoms with Crippen LogP contribution in [0.25, 0.3) is 0 Å². The first-order chi connectivity index (χ1) is 10.7. The van der Waals surface area contributed by atoms with Crippen LogP contribution in [0.4, 0.5) is 4.79 Å². The van der Waals surface area contributed by atoms with Crippen molar-refractivity contribution in [1.82, 2.24) is 10.2 Å². The number of benzene rings is 1. The van der Waals surface area contributed by atoms with Crippen molar-refractivity contribution in [3.05, 3.63) is 34.3 Å². The van der Waals surface area contributed by atoms with E-state index < -0.39 is 5.60 Å². The van der Waals surface area contributed by atoms with Gasteiger partial charge in [-0.05, 0) is 57.2 Å². The summed E-state index contributed by atoms with van der Waals surface area (Å²) in [6.45, 7) is 10.9. The van der Waals surface area contributed by atoms with Crippen LogP contribution in [-0.2, 0) is 11.3 Å². The zero-order chi connectivity index (χ0) is 17.0. The molecular formula is C18H27ClN2O2. The number of amides is 1. The molecule has 0 bridgehead atoms. The highest BCUT2D eigenvalue weighted by molar-refractivity contribution is 6.31. The summed E-state index contributed by atoms with van der Waals surface area (Å²) < 4.78 is 5.42. The number of ether oxygens (including phenoxy) is 1. The van der Waals surface area contributed by atoms with Crippen molar-refractivity contribution in [2.75, 3.05) is 19.6 Å². The van der Waals surface area contributed by atoms with Gasteiger partial charge in [-0.1, -0.05) is 23.7 Å². The van der Waals surface area contributed by atoms with Gasteiger partial charge in [0.25, 0.3) is 0 Å². The maximum atomic E-state index is 12.0. The summed E-state index contributed by atoms with van der Waals surface area (Å²) in [4.78, 5) is 13.8. The van der Waals surface area contributed by atoms with Crippen molar-refractivity contribution in [2.24, 2.45) is 5.92 Å². The van der Waals surface area contributed by atoms with Gasteiger partial charge in [0.05, 0.1) is 0 Å². The molecule has 4 nitrogen and oxygen atoms in total. The number of hydrogen-bond acceptors (Lipinski definition) is 3. The second-order valence-corrected chi connectivity index (χ2v) is 7.70. The van der Waals surface area contributed by atoms with E-state index in [0.717, 1.165) is 43.2 Å². The molecule has 1 aliphatic rings. The molecule has 128 valence electrons. The van der Waals surface area contributed by atoms with Crippen molar-refractivity contribution < 1.29 is 9.53 Å². The van der Waals surface area contributed by atoms with Gasteiger partial charge in [0, 0.05) is 31.2 Å². The quantitative estimate of drug-likeness (QED) is 0.902. The Morgan fingerprint density at radius 3 is 2.83 bits per heavy atom. The van der Waals surface area contributed by atoms with Gasteiger partial charge in [0.1, 0.15) is 5.60 Å². The molecule has 1 fully saturated rings. The molecule has 1 unspecified atom stereocenters. The van der Waals surface area contributed by atoms with Gasteiger partial charge in [-0.2, -0.15) is 0 Å². The molecule has 2 rings (SSSR count). The van der Waals surface area contributed by atoms with E-state index in [1.807, 2.05) is 39.8 Å². The molecule has 0 radical (unpaired) electrons. The molecule has 1 aromatic carbocycles. The standard InChI is InChI=1S/C18H27ClN2O2/c1-13-5-6-14(9-16(13)19)10-20-11-15-7-8-21(12-15)17(22)23-18(2,3)4/h5-6,9,15,20H,7-8,10-12H2,1-4H3. The smallest absolute Gasteiger partial charge is 0.410 e. The first-order valence-electron chi connectivity index (χ1n) is 8.18. The monoisotopic (exact) mass is 338 g/mol. The van der Waals surface area contributed by atoms with E-state index in [4.69, 9.17) is 16.3 Å². The van der Waals surface area contributed by atoms with Crippen LogP contribution in [0.1, 0.15) is 38.3 Å². The van der Waals surface area contributed by atoms with Crippen LogP contribution in [0.3, 0.4) is 0 Å². The van der Waals surface area contributed by atoms with Gasteiger partial charge in [0.2, 0.25) is 0 Å². The summed E-state index contributed by atoms with van der Waals surface area (Å²) in [5.74, 6) is 0.475. The number of halogens is 1. The first kappa shape index (κ1) is 18.1. The summed E-state index contributed by atoms with van der Waals surface area (Å²) in [7, 11) is 0. The van der Waals surface area contributed by atoms with Crippen molar-refractivity contribution >= 4 is 17.7 Å². The summed E-state index contributed by atoms with van der Waals surface area (Å²) in [6.07, 6.45) is 0.811. The fourth-order valence-electron chi connectivity index (χ4n) is 2.66. The lowest BCUT2D eigenvalue weighted by molar-refractivity contribution is 0.0288. The van der Waals surface area contributed by atoms with Gasteiger partial charge >= 0.3 is 6.09 Å². The highest BCUT2D eigenvalue weighted by Gasteiger charge is 2.29. The van der Waals surface area contributed by atoms with E-state index >= 15 is 0 Å². The molecule has 0 saturated carbocycles. The van der Waals surface area contributed by atoms with Crippen molar-refractivity contribution in [3.63, 3.8) is 0 Å². The third kappa shape index (κ3) is 5.70. The predicted molar refractivity (Wildman–Crippen MR) is 93.8 cm³/mol. The Labute approximate surface area is 144 Å². The number of carbonyl (C=O) groups excluding carboxylic acids is 1. The zero-order valence-electron chi connectivity index (χ0n) is 14.5. The lowest BCUT2D eigenvalue weighted by Gasteiger charge is -2.24. The van der Waals surface area contributed by atoms with E-state index in [1.165, 1.54) is 5.56 Å². The molecule has 1 atom stereocenters. The molecule has 0 spiro atoms. The molecule has 1 aliphatic heterocycles. The fraction of sp³-hybridized carbons (Fsp3) is 0.611. The largest absolute Gasteiger partial charge is 0.444 e. The van der Waals surface area contributed by atoms with E-state index in [2.05, 4.69) is 11.4 Å². The number of nitrogens with one attached hydrogen (secondary N) is 1. The van der Waals surface area contributed by atoms with Crippen LogP contribution in [0.2, 0.25) is 5.02 Å². The topological polar surface area (TPSA) is 41.6 Å². The number of hydrogen-bond donors (Lipinski definition) is 1. The number of aryl methyl sites for hydroxylation is 1. The first-order valence-corrected chi connectivity index (χ1v) is 8.56. The molecule has 1 heterocycles. The highest BCUT2D eigenvalue weighted by Crippen LogP contribution is 2.20. The second kappa shape index (κ2) is 7.54. The van der Waals surface area contributed by atoms with Crippen LogP contribution < -0.4 is 5.32 Å². The van der Waals surface area contributed by atoms with E-state index in [0.29, 0.717) is 5.92 Å². The summed E-state index contributed by atoms with van der Waals surface area (Å²) in [6, 6.07) is 6.14. The van der Waals surface area contributed by atoms with E-state index in [9.17, 15) is 4.79 Å². The van der Waals surface area contributed by atoms with Gasteiger partial charge in [0.15, 0.2) is 0 Å². The van der Waals surface area contributed by atoms with Gasteiger partial charge in [-0.15, -0.1) is 0 Å². The lowest BCUT2D eigenvalue weighted by Crippen LogP contribution is -2.36. The number of rotatable bonds is 4. The Hall–Kier alpha value is -1.26. The Balaban J connectivity index is 1.73. The Kier molecular flexibility index (Phi) is 5.93. The minimum Gasteiger partial charge on any atom is -0.444 e. The van der Waals surface area contributed by atoms with Crippen molar-refractivity contribution in [1.29, 1.82) is 0 Å². The van der Waals surface area contributed by atoms with E-state index in [-0.39, 0.29) is 6.09 Å². The lowest BCUT2D eigenvalue weighted by atomic mass is 10.1. The van der Waals surface area contributed by atoms with Gasteiger partial charge in [-0.25, -0.2) is 4.79 Å². The second-order valence-electron chi connectivity index (χ2n) is 7.30. The van der Waals surface area contributed by atoms with Crippen molar-refractivity contribution in [2.45, 2.75) is 46.3 Å². The molecule has 5 heteroatoms. The summed E-state index contributed by atoms with van der Waals surface area (Å²) in [5.41, 5.74) is 1.85. The molecule has 23 heavy (non-hydrogen) atoms. The Bertz CT molecular complexity index is 554. The fourth-order valence-corrected chi connectivity index (χ4v) is 2.86. The molecule has 0 aromatic heterocycles. The van der Waals surface area contributed by atoms with Crippen LogP contribution in [0, 0.1) is 12.8 Å². The van der Waals surface area contributed by atoms with Crippen LogP contribution >= 0.6 is 11.6 Å². The third-order valence-corrected chi connectivity index (χ3v) is 4.34. The normalized spacial score (nSPS) is 18.3. The van der Waals surface area contributed by atoms with Gasteiger partial charge < -0.3 is 15.0 Å². The van der Waals surface area contributed by atoms with Gasteiger partial charge in [-0.3, -0.25) is 0 Å². The summed E-state index contributed by atoms with van der Waals surface area (Å²) in [5, 5.41) is 4.27. The Morgan fingerprint density at radius 1 is 1.43 bits per heavy atom. The predicted octanol–water partition coefficient (Wildman–Crippen LogP) is 4.00. The molecule has 1 saturated heterocycles. The molecule has 1 aromatic rings. The van der Waals surface area contributed by atoms with Crippen LogP contribution in [-0.4, -0.2) is 36.2 Å². The SMILES string of the molecule is Cc1ccc(CNCC2CCN(C(=O)OC(C)(C)C)C2)cc1Cl. The summed E-state index contributed by atoms with van der Waals surface area (Å²) >= 11 is 6.14. The minimum atomic E-state index is -0.432. The maximum Gasteiger partial charge on any atom is 0.410 e. The number of likely N-dealkylation sites (tertiary alicyclic amines) is 1. The van der Waals surface area contributed by atoms with Crippen molar-refractivity contribution in [3.8, 4) is 0 Å². The minimum absolute atomic E-state index is 0.203.